The second-order valence-corrected chi connectivity index (χ2v) is 14.1. The molecule has 0 aliphatic rings. The van der Waals surface area contributed by atoms with Crippen molar-refractivity contribution in [3.8, 4) is 11.5 Å². The van der Waals surface area contributed by atoms with Crippen LogP contribution < -0.4 is 37.6 Å². The van der Waals surface area contributed by atoms with Crippen LogP contribution in [0.5, 0.6) is 11.5 Å². The molecule has 0 fully saturated rings. The summed E-state index contributed by atoms with van der Waals surface area (Å²) in [5.41, 5.74) is 6.78. The van der Waals surface area contributed by atoms with Crippen LogP contribution in [-0.2, 0) is 56.0 Å². The molecule has 0 bridgehead atoms. The fourth-order valence-corrected chi connectivity index (χ4v) is 5.33. The number of phenolic OH excluding ortho intramolecular Hbond substituents is 2. The lowest BCUT2D eigenvalue weighted by Gasteiger charge is -2.28. The van der Waals surface area contributed by atoms with Gasteiger partial charge in [0.05, 0.1) is 12.5 Å². The van der Waals surface area contributed by atoms with E-state index in [0.29, 0.717) is 11.1 Å². The monoisotopic (exact) mass is 829 g/mol. The third-order valence-electron chi connectivity index (χ3n) is 8.76. The number of carboxylic acid groups (broad SMARTS) is 3. The number of benzene rings is 2. The van der Waals surface area contributed by atoms with Crippen LogP contribution in [0.15, 0.2) is 48.5 Å². The van der Waals surface area contributed by atoms with Crippen molar-refractivity contribution in [1.29, 1.82) is 0 Å². The van der Waals surface area contributed by atoms with Crippen molar-refractivity contribution in [3.63, 3.8) is 0 Å². The fraction of sp³-hybridized carbons (Fsp3) is 0.447. The van der Waals surface area contributed by atoms with Gasteiger partial charge in [-0.05, 0) is 61.6 Å². The van der Waals surface area contributed by atoms with Gasteiger partial charge in [0.25, 0.3) is 0 Å². The van der Waals surface area contributed by atoms with Crippen molar-refractivity contribution in [1.82, 2.24) is 31.9 Å². The highest BCUT2D eigenvalue weighted by Crippen LogP contribution is 2.15. The number of carboxylic acids is 3. The summed E-state index contributed by atoms with van der Waals surface area (Å²) < 4.78 is 0. The molecular formula is C38H51N7O14. The summed E-state index contributed by atoms with van der Waals surface area (Å²) in [7, 11) is 0. The summed E-state index contributed by atoms with van der Waals surface area (Å²) in [6.07, 6.45) is -2.06. The number of aliphatic carboxylic acids is 3. The molecule has 6 amide bonds. The van der Waals surface area contributed by atoms with E-state index in [1.165, 1.54) is 76.2 Å². The molecule has 0 saturated heterocycles. The van der Waals surface area contributed by atoms with Crippen LogP contribution in [0.2, 0.25) is 0 Å². The largest absolute Gasteiger partial charge is 0.508 e. The van der Waals surface area contributed by atoms with E-state index in [2.05, 4.69) is 31.9 Å². The lowest BCUT2D eigenvalue weighted by Crippen LogP contribution is -2.61. The Balaban J connectivity index is 2.40. The molecule has 0 radical (unpaired) electrons. The zero-order chi connectivity index (χ0) is 44.6. The minimum absolute atomic E-state index is 0.0802. The van der Waals surface area contributed by atoms with Gasteiger partial charge in [0.15, 0.2) is 0 Å². The number of carbonyl (C=O) groups is 9. The molecule has 0 spiro atoms. The van der Waals surface area contributed by atoms with Gasteiger partial charge in [-0.15, -0.1) is 0 Å². The SMILES string of the molecule is CC(C)[C@H](NC(=O)[C@H](Cc1ccc(O)cc1)NC(=O)[C@H](Cc1ccc(O)cc1)NC(=O)[C@@H](N)CCC(=O)O)C(=O)N[C@@H](CC(=O)O)C(=O)N[C@@H](C)C(=O)N[C@@H](C)C(=O)O. The van der Waals surface area contributed by atoms with E-state index in [0.717, 1.165) is 0 Å². The summed E-state index contributed by atoms with van der Waals surface area (Å²) in [6.45, 7) is 5.44. The summed E-state index contributed by atoms with van der Waals surface area (Å²) in [6, 6.07) is 1.11. The first-order chi connectivity index (χ1) is 27.6. The highest BCUT2D eigenvalue weighted by molar-refractivity contribution is 5.98. The molecule has 59 heavy (non-hydrogen) atoms. The van der Waals surface area contributed by atoms with Gasteiger partial charge in [-0.25, -0.2) is 0 Å². The van der Waals surface area contributed by atoms with E-state index in [9.17, 15) is 58.5 Å². The molecule has 322 valence electrons. The van der Waals surface area contributed by atoms with Gasteiger partial charge < -0.3 is 63.2 Å². The van der Waals surface area contributed by atoms with Crippen molar-refractivity contribution >= 4 is 53.4 Å². The maximum absolute atomic E-state index is 14.0. The van der Waals surface area contributed by atoms with Gasteiger partial charge in [-0.3, -0.25) is 43.2 Å². The summed E-state index contributed by atoms with van der Waals surface area (Å²) in [4.78, 5) is 114. The number of rotatable bonds is 23. The summed E-state index contributed by atoms with van der Waals surface area (Å²) >= 11 is 0. The zero-order valence-corrected chi connectivity index (χ0v) is 32.8. The average molecular weight is 830 g/mol. The van der Waals surface area contributed by atoms with Crippen LogP contribution in [0.1, 0.15) is 58.1 Å². The van der Waals surface area contributed by atoms with E-state index in [1.807, 2.05) is 0 Å². The van der Waals surface area contributed by atoms with Crippen LogP contribution in [-0.4, -0.2) is 121 Å². The van der Waals surface area contributed by atoms with E-state index < -0.39 is 114 Å². The Labute approximate surface area is 338 Å². The van der Waals surface area contributed by atoms with E-state index in [4.69, 9.17) is 15.9 Å². The molecule has 13 N–H and O–H groups in total. The predicted octanol–water partition coefficient (Wildman–Crippen LogP) is -1.76. The average Bonchev–Trinajstić information content (AvgIpc) is 3.15. The van der Waals surface area contributed by atoms with Crippen LogP contribution in [0, 0.1) is 5.92 Å². The van der Waals surface area contributed by atoms with Crippen molar-refractivity contribution < 1.29 is 68.7 Å². The minimum Gasteiger partial charge on any atom is -0.508 e. The highest BCUT2D eigenvalue weighted by Gasteiger charge is 2.35. The van der Waals surface area contributed by atoms with Crippen molar-refractivity contribution in [2.24, 2.45) is 11.7 Å². The first-order valence-corrected chi connectivity index (χ1v) is 18.4. The number of hydrogen-bond acceptors (Lipinski definition) is 12. The van der Waals surface area contributed by atoms with Crippen molar-refractivity contribution in [3.05, 3.63) is 59.7 Å². The third kappa shape index (κ3) is 16.7. The Hall–Kier alpha value is -6.77. The first-order valence-electron chi connectivity index (χ1n) is 18.4. The molecule has 0 unspecified atom stereocenters. The van der Waals surface area contributed by atoms with E-state index in [1.54, 1.807) is 0 Å². The minimum atomic E-state index is -1.77. The van der Waals surface area contributed by atoms with Crippen molar-refractivity contribution in [2.45, 2.75) is 102 Å². The van der Waals surface area contributed by atoms with Gasteiger partial charge in [-0.1, -0.05) is 38.1 Å². The van der Waals surface area contributed by atoms with Crippen molar-refractivity contribution in [2.75, 3.05) is 0 Å². The summed E-state index contributed by atoms with van der Waals surface area (Å²) in [5.74, 6) is -10.7. The fourth-order valence-electron chi connectivity index (χ4n) is 5.33. The molecule has 2 aromatic rings. The van der Waals surface area contributed by atoms with Gasteiger partial charge in [0.1, 0.15) is 47.8 Å². The molecule has 7 atom stereocenters. The smallest absolute Gasteiger partial charge is 0.325 e. The number of phenols is 2. The molecule has 0 heterocycles. The highest BCUT2D eigenvalue weighted by atomic mass is 16.4. The Bertz CT molecular complexity index is 1840. The van der Waals surface area contributed by atoms with E-state index >= 15 is 0 Å². The zero-order valence-electron chi connectivity index (χ0n) is 32.8. The quantitative estimate of drug-likeness (QED) is 0.0590. The second kappa shape index (κ2) is 22.8. The number of hydrogen-bond donors (Lipinski definition) is 12. The van der Waals surface area contributed by atoms with Crippen LogP contribution >= 0.6 is 0 Å². The van der Waals surface area contributed by atoms with Gasteiger partial charge in [0.2, 0.25) is 35.4 Å². The molecule has 0 aromatic heterocycles. The molecular weight excluding hydrogens is 778 g/mol. The lowest BCUT2D eigenvalue weighted by molar-refractivity contribution is -0.143. The topological polar surface area (TPSA) is 353 Å². The Morgan fingerprint density at radius 1 is 0.525 bits per heavy atom. The molecule has 2 rings (SSSR count). The van der Waals surface area contributed by atoms with Gasteiger partial charge >= 0.3 is 17.9 Å². The normalized spacial score (nSPS) is 14.5. The lowest BCUT2D eigenvalue weighted by atomic mass is 9.99. The molecule has 2 aromatic carbocycles. The van der Waals surface area contributed by atoms with Gasteiger partial charge in [-0.2, -0.15) is 0 Å². The van der Waals surface area contributed by atoms with Gasteiger partial charge in [0, 0.05) is 19.3 Å². The molecule has 21 heteroatoms. The van der Waals surface area contributed by atoms with Crippen LogP contribution in [0.3, 0.4) is 0 Å². The molecule has 0 aliphatic carbocycles. The number of nitrogens with one attached hydrogen (secondary N) is 6. The van der Waals surface area contributed by atoms with E-state index in [-0.39, 0.29) is 30.8 Å². The number of nitrogens with two attached hydrogens (primary N) is 1. The Morgan fingerprint density at radius 2 is 0.949 bits per heavy atom. The number of aromatic hydroxyl groups is 2. The predicted molar refractivity (Wildman–Crippen MR) is 206 cm³/mol. The molecule has 21 nitrogen and oxygen atoms in total. The standard InChI is InChI=1S/C38H51N7O14/c1-18(2)31(37(57)44-28(17-30(50)51)34(54)40-19(3)32(52)41-20(4)38(58)59)45-36(56)27(16-22-7-11-24(47)12-8-22)43-35(55)26(15-21-5-9-23(46)10-6-21)42-33(53)25(39)13-14-29(48)49/h5-12,18-20,25-28,31,46-47H,13-17,39H2,1-4H3,(H,40,54)(H,41,52)(H,42,53)(H,43,55)(H,44,57)(H,45,56)(H,48,49)(H,50,51)(H,58,59)/t19-,20-,25-,26-,27-,28-,31-/m0/s1. The number of amides is 6. The Kier molecular flexibility index (Phi) is 18.7. The number of carbonyl (C=O) groups excluding carboxylic acids is 6. The second-order valence-electron chi connectivity index (χ2n) is 14.1. The maximum atomic E-state index is 14.0. The Morgan fingerprint density at radius 3 is 1.39 bits per heavy atom. The summed E-state index contributed by atoms with van der Waals surface area (Å²) in [5, 5.41) is 61.3. The molecule has 0 aliphatic heterocycles. The first kappa shape index (κ1) is 48.4. The third-order valence-corrected chi connectivity index (χ3v) is 8.76. The maximum Gasteiger partial charge on any atom is 0.325 e. The van der Waals surface area contributed by atoms with Crippen LogP contribution in [0.4, 0.5) is 0 Å². The molecule has 0 saturated carbocycles. The van der Waals surface area contributed by atoms with Crippen LogP contribution in [0.25, 0.3) is 0 Å².